The molecule has 0 aromatic heterocycles. The van der Waals surface area contributed by atoms with Crippen LogP contribution in [0, 0.1) is 5.82 Å². The van der Waals surface area contributed by atoms with Gasteiger partial charge in [0.1, 0.15) is 17.4 Å². The Morgan fingerprint density at radius 3 is 2.65 bits per heavy atom. The molecule has 0 bridgehead atoms. The molecule has 1 aliphatic heterocycles. The summed E-state index contributed by atoms with van der Waals surface area (Å²) in [6, 6.07) is 3.68. The third kappa shape index (κ3) is 2.50. The van der Waals surface area contributed by atoms with E-state index in [1.54, 1.807) is 26.8 Å². The lowest BCUT2D eigenvalue weighted by atomic mass is 9.96. The van der Waals surface area contributed by atoms with Crippen molar-refractivity contribution >= 4 is 23.4 Å². The fourth-order valence-corrected chi connectivity index (χ4v) is 2.43. The number of carbonyl (C=O) groups is 2. The predicted molar refractivity (Wildman–Crippen MR) is 73.6 cm³/mol. The lowest BCUT2D eigenvalue weighted by Gasteiger charge is -2.41. The highest BCUT2D eigenvalue weighted by Crippen LogP contribution is 2.25. The number of benzene rings is 1. The second kappa shape index (κ2) is 5.05. The lowest BCUT2D eigenvalue weighted by Crippen LogP contribution is -2.67. The third-order valence-corrected chi connectivity index (χ3v) is 3.82. The van der Waals surface area contributed by atoms with E-state index < -0.39 is 17.4 Å². The van der Waals surface area contributed by atoms with Gasteiger partial charge in [0.05, 0.1) is 6.54 Å². The van der Waals surface area contributed by atoms with Crippen LogP contribution in [0.4, 0.5) is 4.39 Å². The molecule has 1 unspecified atom stereocenters. The van der Waals surface area contributed by atoms with Crippen LogP contribution < -0.4 is 5.32 Å². The smallest absolute Gasteiger partial charge is 0.248 e. The van der Waals surface area contributed by atoms with Crippen LogP contribution in [0.15, 0.2) is 18.2 Å². The summed E-state index contributed by atoms with van der Waals surface area (Å²) in [6.07, 6.45) is 0. The van der Waals surface area contributed by atoms with Crippen molar-refractivity contribution < 1.29 is 14.0 Å². The maximum atomic E-state index is 13.8. The Kier molecular flexibility index (Phi) is 3.73. The molecule has 2 rings (SSSR count). The van der Waals surface area contributed by atoms with Gasteiger partial charge in [-0.25, -0.2) is 4.39 Å². The Hall–Kier alpha value is -1.62. The third-order valence-electron chi connectivity index (χ3n) is 3.47. The van der Waals surface area contributed by atoms with Gasteiger partial charge in [-0.05, 0) is 32.9 Å². The first-order chi connectivity index (χ1) is 9.24. The van der Waals surface area contributed by atoms with E-state index in [2.05, 4.69) is 5.32 Å². The average molecular weight is 299 g/mol. The number of carbonyl (C=O) groups excluding carboxylic acids is 2. The maximum Gasteiger partial charge on any atom is 0.248 e. The number of halogens is 2. The summed E-state index contributed by atoms with van der Waals surface area (Å²) >= 11 is 5.97. The summed E-state index contributed by atoms with van der Waals surface area (Å²) in [4.78, 5) is 25.6. The molecule has 1 aromatic carbocycles. The van der Waals surface area contributed by atoms with E-state index in [0.717, 1.165) is 0 Å². The van der Waals surface area contributed by atoms with Crippen molar-refractivity contribution in [2.45, 2.75) is 38.9 Å². The molecule has 1 heterocycles. The second-order valence-electron chi connectivity index (χ2n) is 5.42. The van der Waals surface area contributed by atoms with Gasteiger partial charge in [-0.3, -0.25) is 9.59 Å². The number of nitrogens with zero attached hydrogens (tertiary/aromatic N) is 1. The zero-order valence-corrected chi connectivity index (χ0v) is 12.3. The van der Waals surface area contributed by atoms with Gasteiger partial charge in [-0.1, -0.05) is 17.7 Å². The number of hydrogen-bond acceptors (Lipinski definition) is 2. The molecule has 4 nitrogen and oxygen atoms in total. The molecule has 0 radical (unpaired) electrons. The minimum atomic E-state index is -0.999. The fourth-order valence-electron chi connectivity index (χ4n) is 2.20. The largest absolute Gasteiger partial charge is 0.340 e. The Morgan fingerprint density at radius 1 is 1.40 bits per heavy atom. The molecule has 6 heteroatoms. The van der Waals surface area contributed by atoms with Gasteiger partial charge in [0, 0.05) is 10.6 Å². The molecule has 1 aromatic rings. The van der Waals surface area contributed by atoms with Crippen LogP contribution >= 0.6 is 11.6 Å². The van der Waals surface area contributed by atoms with E-state index in [1.807, 2.05) is 0 Å². The van der Waals surface area contributed by atoms with Crippen molar-refractivity contribution in [1.29, 1.82) is 0 Å². The van der Waals surface area contributed by atoms with Gasteiger partial charge in [-0.15, -0.1) is 0 Å². The first-order valence-corrected chi connectivity index (χ1v) is 6.68. The van der Waals surface area contributed by atoms with E-state index in [0.29, 0.717) is 0 Å². The first kappa shape index (κ1) is 14.8. The van der Waals surface area contributed by atoms with Crippen LogP contribution in [0.25, 0.3) is 0 Å². The maximum absolute atomic E-state index is 13.8. The number of piperazine rings is 1. The van der Waals surface area contributed by atoms with Crippen molar-refractivity contribution in [2.24, 2.45) is 0 Å². The van der Waals surface area contributed by atoms with E-state index in [9.17, 15) is 14.0 Å². The fraction of sp³-hybridized carbons (Fsp3) is 0.429. The van der Waals surface area contributed by atoms with E-state index in [-0.39, 0.29) is 28.9 Å². The Labute approximate surface area is 121 Å². The van der Waals surface area contributed by atoms with E-state index >= 15 is 0 Å². The molecule has 1 saturated heterocycles. The monoisotopic (exact) mass is 298 g/mol. The summed E-state index contributed by atoms with van der Waals surface area (Å²) in [5.41, 5.74) is -0.777. The highest BCUT2D eigenvalue weighted by molar-refractivity contribution is 6.31. The molecule has 2 amide bonds. The molecular formula is C14H16ClFN2O2. The predicted octanol–water partition coefficient (Wildman–Crippen LogP) is 2.10. The minimum Gasteiger partial charge on any atom is -0.340 e. The number of nitrogens with one attached hydrogen (secondary N) is 1. The standard InChI is InChI=1S/C14H16ClFN2O2/c1-8-12(19)17-14(2,3)13(20)18(8)7-9-10(15)5-4-6-11(9)16/h4-6,8H,7H2,1-3H3,(H,17,19). The number of rotatable bonds is 2. The molecule has 108 valence electrons. The van der Waals surface area contributed by atoms with Crippen LogP contribution in [0.2, 0.25) is 5.02 Å². The summed E-state index contributed by atoms with van der Waals surface area (Å²) in [5, 5.41) is 2.89. The normalized spacial score (nSPS) is 21.9. The minimum absolute atomic E-state index is 0.0254. The quantitative estimate of drug-likeness (QED) is 0.909. The van der Waals surface area contributed by atoms with Gasteiger partial charge in [-0.2, -0.15) is 0 Å². The lowest BCUT2D eigenvalue weighted by molar-refractivity contribution is -0.153. The van der Waals surface area contributed by atoms with Crippen molar-refractivity contribution in [3.63, 3.8) is 0 Å². The summed E-state index contributed by atoms with van der Waals surface area (Å²) in [5.74, 6) is -1.01. The number of hydrogen-bond donors (Lipinski definition) is 1. The van der Waals surface area contributed by atoms with Crippen LogP contribution in [-0.4, -0.2) is 28.3 Å². The molecule has 1 aliphatic rings. The molecule has 0 aliphatic carbocycles. The van der Waals surface area contributed by atoms with Crippen molar-refractivity contribution in [3.8, 4) is 0 Å². The summed E-state index contributed by atoms with van der Waals surface area (Å²) in [6.45, 7) is 4.82. The molecular weight excluding hydrogens is 283 g/mol. The zero-order valence-electron chi connectivity index (χ0n) is 11.5. The molecule has 20 heavy (non-hydrogen) atoms. The Bertz CT molecular complexity index is 554. The van der Waals surface area contributed by atoms with Crippen LogP contribution in [0.5, 0.6) is 0 Å². The van der Waals surface area contributed by atoms with Crippen molar-refractivity contribution in [2.75, 3.05) is 0 Å². The SMILES string of the molecule is CC1C(=O)NC(C)(C)C(=O)N1Cc1c(F)cccc1Cl. The van der Waals surface area contributed by atoms with Gasteiger partial charge < -0.3 is 10.2 Å². The average Bonchev–Trinajstić information content (AvgIpc) is 2.35. The topological polar surface area (TPSA) is 49.4 Å². The van der Waals surface area contributed by atoms with Crippen LogP contribution in [0.1, 0.15) is 26.3 Å². The van der Waals surface area contributed by atoms with Gasteiger partial charge in [0.25, 0.3) is 0 Å². The van der Waals surface area contributed by atoms with Crippen molar-refractivity contribution in [3.05, 3.63) is 34.6 Å². The molecule has 1 atom stereocenters. The number of amides is 2. The highest BCUT2D eigenvalue weighted by atomic mass is 35.5. The van der Waals surface area contributed by atoms with Gasteiger partial charge in [0.2, 0.25) is 11.8 Å². The molecule has 1 fully saturated rings. The first-order valence-electron chi connectivity index (χ1n) is 6.30. The zero-order chi connectivity index (χ0) is 15.1. The van der Waals surface area contributed by atoms with Crippen molar-refractivity contribution in [1.82, 2.24) is 10.2 Å². The van der Waals surface area contributed by atoms with E-state index in [4.69, 9.17) is 11.6 Å². The Morgan fingerprint density at radius 2 is 2.05 bits per heavy atom. The van der Waals surface area contributed by atoms with Crippen LogP contribution in [0.3, 0.4) is 0 Å². The molecule has 0 spiro atoms. The Balaban J connectivity index is 2.35. The van der Waals surface area contributed by atoms with E-state index in [1.165, 1.54) is 17.0 Å². The van der Waals surface area contributed by atoms with Gasteiger partial charge in [0.15, 0.2) is 0 Å². The second-order valence-corrected chi connectivity index (χ2v) is 5.83. The summed E-state index contributed by atoms with van der Waals surface area (Å²) in [7, 11) is 0. The molecule has 1 N–H and O–H groups in total. The van der Waals surface area contributed by atoms with Crippen LogP contribution in [-0.2, 0) is 16.1 Å². The van der Waals surface area contributed by atoms with Gasteiger partial charge >= 0.3 is 0 Å². The molecule has 0 saturated carbocycles. The summed E-state index contributed by atoms with van der Waals surface area (Å²) < 4.78 is 13.8. The highest BCUT2D eigenvalue weighted by Gasteiger charge is 2.43.